The third kappa shape index (κ3) is 3.93. The molecule has 2 aromatic rings. The van der Waals surface area contributed by atoms with Gasteiger partial charge in [0.15, 0.2) is 14.8 Å². The molecule has 0 aliphatic heterocycles. The van der Waals surface area contributed by atoms with E-state index in [0.29, 0.717) is 11.6 Å². The van der Waals surface area contributed by atoms with E-state index in [0.717, 1.165) is 29.2 Å². The van der Waals surface area contributed by atoms with Crippen LogP contribution in [0.3, 0.4) is 0 Å². The second-order valence-electron chi connectivity index (χ2n) is 4.29. The number of nitrogens with zero attached hydrogens (tertiary/aromatic N) is 1. The van der Waals surface area contributed by atoms with Gasteiger partial charge in [0.25, 0.3) is 0 Å². The summed E-state index contributed by atoms with van der Waals surface area (Å²) in [7, 11) is -3.47. The van der Waals surface area contributed by atoms with Crippen LogP contribution in [0.1, 0.15) is 5.56 Å². The van der Waals surface area contributed by atoms with E-state index in [1.807, 2.05) is 0 Å². The van der Waals surface area contributed by atoms with Gasteiger partial charge in [-0.1, -0.05) is 35.1 Å². The Morgan fingerprint density at radius 1 is 1.33 bits per heavy atom. The van der Waals surface area contributed by atoms with Crippen LogP contribution in [0.25, 0.3) is 0 Å². The zero-order valence-corrected chi connectivity index (χ0v) is 13.3. The summed E-state index contributed by atoms with van der Waals surface area (Å²) in [6, 6.07) is 8.06. The second-order valence-corrected chi connectivity index (χ2v) is 8.02. The number of benzene rings is 1. The van der Waals surface area contributed by atoms with E-state index >= 15 is 0 Å². The molecule has 1 heterocycles. The average Bonchev–Trinajstić information content (AvgIpc) is 2.82. The first kappa shape index (κ1) is 15.7. The Balaban J connectivity index is 2.24. The van der Waals surface area contributed by atoms with Crippen LogP contribution < -0.4 is 5.32 Å². The fourth-order valence-electron chi connectivity index (χ4n) is 1.59. The summed E-state index contributed by atoms with van der Waals surface area (Å²) in [4.78, 5) is 10.4. The number of thiophene rings is 1. The normalized spacial score (nSPS) is 11.3. The molecule has 0 spiro atoms. The van der Waals surface area contributed by atoms with E-state index in [1.165, 1.54) is 0 Å². The highest BCUT2D eigenvalue weighted by Crippen LogP contribution is 2.37. The van der Waals surface area contributed by atoms with E-state index in [9.17, 15) is 18.5 Å². The minimum absolute atomic E-state index is 0.0344. The Hall–Kier alpha value is -1.64. The van der Waals surface area contributed by atoms with Gasteiger partial charge in [-0.3, -0.25) is 10.1 Å². The Kier molecular flexibility index (Phi) is 4.50. The molecular formula is C12H11ClN2O4S2. The van der Waals surface area contributed by atoms with Gasteiger partial charge in [-0.15, -0.1) is 0 Å². The van der Waals surface area contributed by atoms with E-state index in [-0.39, 0.29) is 14.9 Å². The van der Waals surface area contributed by atoms with Crippen molar-refractivity contribution in [3.8, 4) is 0 Å². The summed E-state index contributed by atoms with van der Waals surface area (Å²) in [5.74, 6) is 0. The maximum Gasteiger partial charge on any atom is 0.304 e. The molecule has 2 rings (SSSR count). The molecule has 1 N–H and O–H groups in total. The Bertz CT molecular complexity index is 769. The van der Waals surface area contributed by atoms with E-state index < -0.39 is 14.8 Å². The molecule has 0 radical (unpaired) electrons. The molecule has 1 aromatic carbocycles. The molecule has 0 fully saturated rings. The molecule has 9 heteroatoms. The minimum atomic E-state index is -3.47. The number of rotatable bonds is 5. The van der Waals surface area contributed by atoms with E-state index in [2.05, 4.69) is 5.32 Å². The maximum atomic E-state index is 11.5. The lowest BCUT2D eigenvalue weighted by atomic mass is 10.2. The topological polar surface area (TPSA) is 89.3 Å². The number of hydrogen-bond acceptors (Lipinski definition) is 6. The largest absolute Gasteiger partial charge is 0.367 e. The van der Waals surface area contributed by atoms with Crippen molar-refractivity contribution in [3.63, 3.8) is 0 Å². The molecule has 0 unspecified atom stereocenters. The van der Waals surface area contributed by atoms with Crippen LogP contribution in [0.2, 0.25) is 5.02 Å². The van der Waals surface area contributed by atoms with Gasteiger partial charge < -0.3 is 5.32 Å². The summed E-state index contributed by atoms with van der Waals surface area (Å²) < 4.78 is 22.9. The third-order valence-corrected chi connectivity index (χ3v) is 5.75. The van der Waals surface area contributed by atoms with Crippen molar-refractivity contribution in [2.75, 3.05) is 11.6 Å². The van der Waals surface area contributed by atoms with Crippen molar-refractivity contribution in [2.45, 2.75) is 10.8 Å². The van der Waals surface area contributed by atoms with Crippen LogP contribution in [0.4, 0.5) is 10.7 Å². The smallest absolute Gasteiger partial charge is 0.304 e. The Morgan fingerprint density at radius 3 is 2.48 bits per heavy atom. The molecular weight excluding hydrogens is 336 g/mol. The number of halogens is 1. The van der Waals surface area contributed by atoms with Crippen molar-refractivity contribution >= 4 is 43.5 Å². The van der Waals surface area contributed by atoms with Crippen LogP contribution >= 0.6 is 22.9 Å². The van der Waals surface area contributed by atoms with Gasteiger partial charge in [0, 0.05) is 23.9 Å². The van der Waals surface area contributed by atoms with Crippen LogP contribution in [-0.2, 0) is 16.4 Å². The van der Waals surface area contributed by atoms with Gasteiger partial charge in [-0.2, -0.15) is 0 Å². The van der Waals surface area contributed by atoms with E-state index in [4.69, 9.17) is 11.6 Å². The predicted octanol–water partition coefficient (Wildman–Crippen LogP) is 3.33. The second kappa shape index (κ2) is 6.00. The van der Waals surface area contributed by atoms with Crippen molar-refractivity contribution in [2.24, 2.45) is 0 Å². The lowest BCUT2D eigenvalue weighted by Gasteiger charge is -2.03. The highest BCUT2D eigenvalue weighted by Gasteiger charge is 2.23. The van der Waals surface area contributed by atoms with Gasteiger partial charge in [-0.05, 0) is 17.7 Å². The molecule has 0 aliphatic rings. The summed E-state index contributed by atoms with van der Waals surface area (Å²) in [6.45, 7) is 0.335. The highest BCUT2D eigenvalue weighted by atomic mass is 35.5. The van der Waals surface area contributed by atoms with Crippen molar-refractivity contribution in [1.82, 2.24) is 0 Å². The first-order valence-corrected chi connectivity index (χ1v) is 8.82. The molecule has 0 amide bonds. The molecule has 0 saturated heterocycles. The number of sulfone groups is 1. The fraction of sp³-hybridized carbons (Fsp3) is 0.167. The van der Waals surface area contributed by atoms with Crippen LogP contribution in [-0.4, -0.2) is 19.6 Å². The van der Waals surface area contributed by atoms with Crippen molar-refractivity contribution in [1.29, 1.82) is 0 Å². The number of anilines is 1. The minimum Gasteiger partial charge on any atom is -0.367 e. The number of nitro groups is 1. The monoisotopic (exact) mass is 346 g/mol. The first-order chi connectivity index (χ1) is 9.77. The maximum absolute atomic E-state index is 11.5. The summed E-state index contributed by atoms with van der Waals surface area (Å²) in [5, 5.41) is 14.7. The molecule has 112 valence electrons. The summed E-state index contributed by atoms with van der Waals surface area (Å²) in [6.07, 6.45) is 1.02. The van der Waals surface area contributed by atoms with Gasteiger partial charge in [0.2, 0.25) is 0 Å². The number of hydrogen-bond donors (Lipinski definition) is 1. The SMILES string of the molecule is CS(=O)(=O)c1cc([N+](=O)[O-])c(NCc2ccc(Cl)cc2)s1. The van der Waals surface area contributed by atoms with Crippen LogP contribution in [0.15, 0.2) is 34.5 Å². The fourth-order valence-corrected chi connectivity index (χ4v) is 3.65. The van der Waals surface area contributed by atoms with Crippen LogP contribution in [0.5, 0.6) is 0 Å². The van der Waals surface area contributed by atoms with Gasteiger partial charge in [-0.25, -0.2) is 8.42 Å². The molecule has 1 aromatic heterocycles. The third-order valence-electron chi connectivity index (χ3n) is 2.62. The molecule has 6 nitrogen and oxygen atoms in total. The standard InChI is InChI=1S/C12H11ClN2O4S2/c1-21(18,19)11-6-10(15(16)17)12(20-11)14-7-8-2-4-9(13)5-3-8/h2-6,14H,7H2,1H3. The van der Waals surface area contributed by atoms with Crippen molar-refractivity contribution < 1.29 is 13.3 Å². The Labute approximate surface area is 130 Å². The zero-order valence-electron chi connectivity index (χ0n) is 10.9. The van der Waals surface area contributed by atoms with E-state index in [1.54, 1.807) is 24.3 Å². The quantitative estimate of drug-likeness (QED) is 0.662. The predicted molar refractivity (Wildman–Crippen MR) is 82.9 cm³/mol. The summed E-state index contributed by atoms with van der Waals surface area (Å²) in [5.41, 5.74) is 0.636. The average molecular weight is 347 g/mol. The number of nitrogens with one attached hydrogen (secondary N) is 1. The molecule has 0 saturated carbocycles. The molecule has 21 heavy (non-hydrogen) atoms. The molecule has 0 atom stereocenters. The molecule has 0 bridgehead atoms. The van der Waals surface area contributed by atoms with Gasteiger partial charge >= 0.3 is 5.69 Å². The lowest BCUT2D eigenvalue weighted by Crippen LogP contribution is -1.99. The van der Waals surface area contributed by atoms with Crippen LogP contribution in [0, 0.1) is 10.1 Å². The lowest BCUT2D eigenvalue weighted by molar-refractivity contribution is -0.383. The van der Waals surface area contributed by atoms with Gasteiger partial charge in [0.1, 0.15) is 4.21 Å². The Morgan fingerprint density at radius 2 is 1.95 bits per heavy atom. The van der Waals surface area contributed by atoms with Gasteiger partial charge in [0.05, 0.1) is 4.92 Å². The first-order valence-electron chi connectivity index (χ1n) is 5.74. The molecule has 0 aliphatic carbocycles. The van der Waals surface area contributed by atoms with Crippen molar-refractivity contribution in [3.05, 3.63) is 51.0 Å². The highest BCUT2D eigenvalue weighted by molar-refractivity contribution is 7.92. The summed E-state index contributed by atoms with van der Waals surface area (Å²) >= 11 is 6.63. The zero-order chi connectivity index (χ0) is 15.6.